The molecule has 1 aliphatic rings. The summed E-state index contributed by atoms with van der Waals surface area (Å²) in [6.07, 6.45) is 0.724. The first-order valence-electron chi connectivity index (χ1n) is 6.83. The number of anilines is 1. The van der Waals surface area contributed by atoms with Gasteiger partial charge in [0, 0.05) is 24.4 Å². The Kier molecular flexibility index (Phi) is 4.10. The zero-order valence-electron chi connectivity index (χ0n) is 11.7. The zero-order valence-corrected chi connectivity index (χ0v) is 13.2. The summed E-state index contributed by atoms with van der Waals surface area (Å²) in [5, 5.41) is 4.11. The third-order valence-electron chi connectivity index (χ3n) is 3.51. The molecule has 21 heavy (non-hydrogen) atoms. The van der Waals surface area contributed by atoms with Gasteiger partial charge in [-0.25, -0.2) is 9.37 Å². The highest BCUT2D eigenvalue weighted by molar-refractivity contribution is 9.10. The topological polar surface area (TPSA) is 43.4 Å². The predicted octanol–water partition coefficient (Wildman–Crippen LogP) is 3.70. The molecule has 1 N–H and O–H groups in total. The van der Waals surface area contributed by atoms with E-state index in [1.807, 2.05) is 19.1 Å². The van der Waals surface area contributed by atoms with Gasteiger partial charge in [0.2, 0.25) is 0 Å². The van der Waals surface area contributed by atoms with Crippen LogP contribution in [0.2, 0.25) is 0 Å². The molecular weight excluding hydrogens is 339 g/mol. The second-order valence-corrected chi connectivity index (χ2v) is 6.02. The van der Waals surface area contributed by atoms with Gasteiger partial charge in [-0.2, -0.15) is 0 Å². The molecule has 1 aromatic carbocycles. The first-order chi connectivity index (χ1) is 10.1. The number of pyridine rings is 1. The normalized spacial score (nSPS) is 17.3. The predicted molar refractivity (Wildman–Crippen MR) is 82.8 cm³/mol. The van der Waals surface area contributed by atoms with E-state index in [-0.39, 0.29) is 5.82 Å². The van der Waals surface area contributed by atoms with Crippen LogP contribution in [0.5, 0.6) is 0 Å². The maximum absolute atomic E-state index is 13.5. The Hall–Kier alpha value is -1.24. The van der Waals surface area contributed by atoms with Crippen LogP contribution in [0.1, 0.15) is 13.3 Å². The molecule has 0 saturated carbocycles. The Balaban J connectivity index is 1.68. The van der Waals surface area contributed by atoms with Gasteiger partial charge in [0.05, 0.1) is 23.2 Å². The molecule has 0 unspecified atom stereocenters. The van der Waals surface area contributed by atoms with Crippen molar-refractivity contribution in [2.24, 2.45) is 0 Å². The largest absolute Gasteiger partial charge is 0.370 e. The Bertz CT molecular complexity index is 659. The Labute approximate surface area is 130 Å². The van der Waals surface area contributed by atoms with Crippen molar-refractivity contribution in [3.63, 3.8) is 0 Å². The van der Waals surface area contributed by atoms with Gasteiger partial charge in [0.25, 0.3) is 0 Å². The van der Waals surface area contributed by atoms with Crippen molar-refractivity contribution < 1.29 is 13.9 Å². The molecule has 6 heteroatoms. The SMILES string of the molecule is CC1(CCNc2ccc3cc(Br)c(F)cc3n2)OCCO1. The summed E-state index contributed by atoms with van der Waals surface area (Å²) in [5.41, 5.74) is 0.625. The van der Waals surface area contributed by atoms with Gasteiger partial charge in [-0.05, 0) is 41.1 Å². The van der Waals surface area contributed by atoms with Crippen molar-refractivity contribution in [2.45, 2.75) is 19.1 Å². The summed E-state index contributed by atoms with van der Waals surface area (Å²) >= 11 is 3.17. The summed E-state index contributed by atoms with van der Waals surface area (Å²) in [7, 11) is 0. The molecule has 4 nitrogen and oxygen atoms in total. The second-order valence-electron chi connectivity index (χ2n) is 5.16. The molecule has 1 aromatic heterocycles. The van der Waals surface area contributed by atoms with E-state index in [1.165, 1.54) is 6.07 Å². The highest BCUT2D eigenvalue weighted by Crippen LogP contribution is 2.24. The molecule has 2 aromatic rings. The number of hydrogen-bond donors (Lipinski definition) is 1. The van der Waals surface area contributed by atoms with Crippen LogP contribution in [0.4, 0.5) is 10.2 Å². The van der Waals surface area contributed by atoms with Crippen molar-refractivity contribution in [2.75, 3.05) is 25.1 Å². The summed E-state index contributed by atoms with van der Waals surface area (Å²) in [5.74, 6) is -0.112. The number of fused-ring (bicyclic) bond motifs is 1. The summed E-state index contributed by atoms with van der Waals surface area (Å²) in [4.78, 5) is 4.41. The van der Waals surface area contributed by atoms with Gasteiger partial charge in [0.1, 0.15) is 11.6 Å². The van der Waals surface area contributed by atoms with Crippen molar-refractivity contribution in [3.05, 3.63) is 34.6 Å². The summed E-state index contributed by atoms with van der Waals surface area (Å²) in [6, 6.07) is 6.95. The second kappa shape index (κ2) is 5.87. The van der Waals surface area contributed by atoms with Gasteiger partial charge < -0.3 is 14.8 Å². The molecular formula is C15H16BrFN2O2. The molecule has 3 rings (SSSR count). The highest BCUT2D eigenvalue weighted by Gasteiger charge is 2.30. The van der Waals surface area contributed by atoms with E-state index in [9.17, 15) is 4.39 Å². The van der Waals surface area contributed by atoms with E-state index in [4.69, 9.17) is 9.47 Å². The highest BCUT2D eigenvalue weighted by atomic mass is 79.9. The van der Waals surface area contributed by atoms with E-state index in [0.29, 0.717) is 35.6 Å². The standard InChI is InChI=1S/C15H16BrFN2O2/c1-15(20-6-7-21-15)4-5-18-14-3-2-10-8-11(16)12(17)9-13(10)19-14/h2-3,8-9H,4-7H2,1H3,(H,18,19). The number of rotatable bonds is 4. The first-order valence-corrected chi connectivity index (χ1v) is 7.63. The zero-order chi connectivity index (χ0) is 14.9. The summed E-state index contributed by atoms with van der Waals surface area (Å²) in [6.45, 7) is 3.88. The molecule has 0 aliphatic carbocycles. The van der Waals surface area contributed by atoms with Crippen LogP contribution in [0.15, 0.2) is 28.7 Å². The van der Waals surface area contributed by atoms with E-state index >= 15 is 0 Å². The molecule has 2 heterocycles. The van der Waals surface area contributed by atoms with Crippen LogP contribution in [-0.2, 0) is 9.47 Å². The lowest BCUT2D eigenvalue weighted by atomic mass is 10.2. The van der Waals surface area contributed by atoms with Crippen LogP contribution < -0.4 is 5.32 Å². The molecule has 1 saturated heterocycles. The van der Waals surface area contributed by atoms with Crippen LogP contribution in [0, 0.1) is 5.82 Å². The molecule has 0 radical (unpaired) electrons. The fourth-order valence-electron chi connectivity index (χ4n) is 2.34. The maximum Gasteiger partial charge on any atom is 0.167 e. The van der Waals surface area contributed by atoms with E-state index in [2.05, 4.69) is 26.2 Å². The van der Waals surface area contributed by atoms with Crippen LogP contribution in [0.25, 0.3) is 10.9 Å². The van der Waals surface area contributed by atoms with Crippen LogP contribution in [-0.4, -0.2) is 30.5 Å². The maximum atomic E-state index is 13.5. The van der Waals surface area contributed by atoms with Crippen molar-refractivity contribution in [1.82, 2.24) is 4.98 Å². The third-order valence-corrected chi connectivity index (χ3v) is 4.12. The smallest absolute Gasteiger partial charge is 0.167 e. The number of aromatic nitrogens is 1. The first kappa shape index (κ1) is 14.7. The van der Waals surface area contributed by atoms with Crippen molar-refractivity contribution in [3.8, 4) is 0 Å². The van der Waals surface area contributed by atoms with Crippen LogP contribution >= 0.6 is 15.9 Å². The minimum absolute atomic E-state index is 0.313. The number of nitrogens with one attached hydrogen (secondary N) is 1. The number of nitrogens with zero attached hydrogens (tertiary/aromatic N) is 1. The Morgan fingerprint density at radius 1 is 1.33 bits per heavy atom. The van der Waals surface area contributed by atoms with Gasteiger partial charge in [-0.15, -0.1) is 0 Å². The molecule has 1 fully saturated rings. The number of ether oxygens (including phenoxy) is 2. The molecule has 0 amide bonds. The lowest BCUT2D eigenvalue weighted by Crippen LogP contribution is -2.28. The average molecular weight is 355 g/mol. The number of hydrogen-bond acceptors (Lipinski definition) is 4. The fourth-order valence-corrected chi connectivity index (χ4v) is 2.70. The Morgan fingerprint density at radius 3 is 2.86 bits per heavy atom. The third kappa shape index (κ3) is 3.33. The van der Waals surface area contributed by atoms with Gasteiger partial charge in [0.15, 0.2) is 5.79 Å². The minimum atomic E-state index is -0.513. The van der Waals surface area contributed by atoms with Gasteiger partial charge in [-0.1, -0.05) is 0 Å². The quantitative estimate of drug-likeness (QED) is 0.908. The summed E-state index contributed by atoms with van der Waals surface area (Å²) < 4.78 is 25.1. The van der Waals surface area contributed by atoms with E-state index < -0.39 is 5.79 Å². The molecule has 1 aliphatic heterocycles. The lowest BCUT2D eigenvalue weighted by Gasteiger charge is -2.22. The minimum Gasteiger partial charge on any atom is -0.370 e. The van der Waals surface area contributed by atoms with Crippen LogP contribution in [0.3, 0.4) is 0 Å². The number of benzene rings is 1. The fraction of sp³-hybridized carbons (Fsp3) is 0.400. The monoisotopic (exact) mass is 354 g/mol. The van der Waals surface area contributed by atoms with Gasteiger partial charge in [-0.3, -0.25) is 0 Å². The van der Waals surface area contributed by atoms with Crippen molar-refractivity contribution in [1.29, 1.82) is 0 Å². The lowest BCUT2D eigenvalue weighted by molar-refractivity contribution is -0.144. The Morgan fingerprint density at radius 2 is 2.10 bits per heavy atom. The molecule has 0 spiro atoms. The van der Waals surface area contributed by atoms with E-state index in [1.54, 1.807) is 6.07 Å². The number of halogens is 2. The average Bonchev–Trinajstić information content (AvgIpc) is 2.87. The molecule has 0 atom stereocenters. The van der Waals surface area contributed by atoms with Crippen molar-refractivity contribution >= 4 is 32.7 Å². The molecule has 112 valence electrons. The van der Waals surface area contributed by atoms with E-state index in [0.717, 1.165) is 11.8 Å². The molecule has 0 bridgehead atoms. The van der Waals surface area contributed by atoms with Gasteiger partial charge >= 0.3 is 0 Å².